The van der Waals surface area contributed by atoms with E-state index in [4.69, 9.17) is 0 Å². The van der Waals surface area contributed by atoms with Crippen molar-refractivity contribution < 1.29 is 4.92 Å². The van der Waals surface area contributed by atoms with Gasteiger partial charge in [-0.2, -0.15) is 0 Å². The molecule has 0 aliphatic heterocycles. The number of nitro groups is 1. The van der Waals surface area contributed by atoms with Crippen LogP contribution in [0.3, 0.4) is 0 Å². The Morgan fingerprint density at radius 3 is 2.71 bits per heavy atom. The van der Waals surface area contributed by atoms with Gasteiger partial charge in [-0.25, -0.2) is 0 Å². The van der Waals surface area contributed by atoms with Crippen molar-refractivity contribution in [3.63, 3.8) is 0 Å². The van der Waals surface area contributed by atoms with Gasteiger partial charge >= 0.3 is 0 Å². The first kappa shape index (κ1) is 14.4. The van der Waals surface area contributed by atoms with Crippen LogP contribution in [0.1, 0.15) is 25.8 Å². The summed E-state index contributed by atoms with van der Waals surface area (Å²) in [7, 11) is 0. The van der Waals surface area contributed by atoms with E-state index in [1.165, 1.54) is 0 Å². The van der Waals surface area contributed by atoms with E-state index in [-0.39, 0.29) is 10.6 Å². The third-order valence-electron chi connectivity index (χ3n) is 2.70. The minimum absolute atomic E-state index is 0.230. The number of rotatable bonds is 6. The molecule has 94 valence electrons. The Kier molecular flexibility index (Phi) is 5.84. The zero-order valence-corrected chi connectivity index (χ0v) is 12.2. The van der Waals surface area contributed by atoms with Gasteiger partial charge in [0.25, 0.3) is 5.69 Å². The van der Waals surface area contributed by atoms with E-state index in [9.17, 15) is 10.1 Å². The number of nitro benzene ring substituents is 1. The normalized spacial score (nSPS) is 12.4. The van der Waals surface area contributed by atoms with Crippen LogP contribution in [-0.2, 0) is 6.42 Å². The van der Waals surface area contributed by atoms with Crippen molar-refractivity contribution in [2.24, 2.45) is 0 Å². The molecule has 0 amide bonds. The van der Waals surface area contributed by atoms with E-state index in [0.717, 1.165) is 22.1 Å². The van der Waals surface area contributed by atoms with Crippen LogP contribution in [0.15, 0.2) is 18.2 Å². The van der Waals surface area contributed by atoms with Crippen LogP contribution in [0, 0.1) is 13.7 Å². The highest BCUT2D eigenvalue weighted by molar-refractivity contribution is 14.1. The molecule has 1 unspecified atom stereocenters. The van der Waals surface area contributed by atoms with E-state index < -0.39 is 0 Å². The standard InChI is InChI=1S/C12H17IN2O2/c1-3-11(14-4-2)7-9-5-6-10(13)8-12(9)15(16)17/h5-6,8,11,14H,3-4,7H2,1-2H3. The van der Waals surface area contributed by atoms with Crippen molar-refractivity contribution in [3.05, 3.63) is 37.4 Å². The van der Waals surface area contributed by atoms with E-state index in [1.807, 2.05) is 19.1 Å². The van der Waals surface area contributed by atoms with E-state index in [0.29, 0.717) is 12.5 Å². The van der Waals surface area contributed by atoms with Crippen molar-refractivity contribution in [1.29, 1.82) is 0 Å². The summed E-state index contributed by atoms with van der Waals surface area (Å²) in [6.45, 7) is 5.02. The number of hydrogen-bond acceptors (Lipinski definition) is 3. The fourth-order valence-corrected chi connectivity index (χ4v) is 2.27. The van der Waals surface area contributed by atoms with Crippen molar-refractivity contribution in [2.75, 3.05) is 6.54 Å². The molecule has 0 saturated heterocycles. The second kappa shape index (κ2) is 6.90. The maximum atomic E-state index is 11.0. The van der Waals surface area contributed by atoms with E-state index in [1.54, 1.807) is 6.07 Å². The summed E-state index contributed by atoms with van der Waals surface area (Å²) in [5, 5.41) is 14.3. The Hall–Kier alpha value is -0.690. The number of halogens is 1. The maximum Gasteiger partial charge on any atom is 0.273 e. The van der Waals surface area contributed by atoms with Gasteiger partial charge in [0.1, 0.15) is 0 Å². The fourth-order valence-electron chi connectivity index (χ4n) is 1.79. The average molecular weight is 348 g/mol. The molecule has 1 N–H and O–H groups in total. The predicted molar refractivity (Wildman–Crippen MR) is 77.3 cm³/mol. The van der Waals surface area contributed by atoms with Crippen LogP contribution < -0.4 is 5.32 Å². The van der Waals surface area contributed by atoms with Crippen LogP contribution in [-0.4, -0.2) is 17.5 Å². The molecule has 17 heavy (non-hydrogen) atoms. The Morgan fingerprint density at radius 1 is 1.47 bits per heavy atom. The molecule has 1 aromatic rings. The van der Waals surface area contributed by atoms with Gasteiger partial charge in [0.05, 0.1) is 4.92 Å². The van der Waals surface area contributed by atoms with Gasteiger partial charge in [-0.15, -0.1) is 0 Å². The lowest BCUT2D eigenvalue weighted by Crippen LogP contribution is -2.30. The van der Waals surface area contributed by atoms with Gasteiger partial charge in [-0.3, -0.25) is 10.1 Å². The zero-order valence-electron chi connectivity index (χ0n) is 10.1. The summed E-state index contributed by atoms with van der Waals surface area (Å²) < 4.78 is 0.898. The third-order valence-corrected chi connectivity index (χ3v) is 3.37. The SMILES string of the molecule is CCNC(CC)Cc1ccc(I)cc1[N+](=O)[O-]. The molecule has 4 nitrogen and oxygen atoms in total. The summed E-state index contributed by atoms with van der Waals surface area (Å²) in [6.07, 6.45) is 1.68. The number of benzene rings is 1. The summed E-state index contributed by atoms with van der Waals surface area (Å²) in [5.74, 6) is 0. The lowest BCUT2D eigenvalue weighted by atomic mass is 10.0. The molecule has 0 fully saturated rings. The van der Waals surface area contributed by atoms with Gasteiger partial charge in [0.15, 0.2) is 0 Å². The molecule has 0 spiro atoms. The molecule has 0 saturated carbocycles. The molecule has 0 aliphatic carbocycles. The van der Waals surface area contributed by atoms with E-state index in [2.05, 4.69) is 34.8 Å². The molecule has 5 heteroatoms. The Morgan fingerprint density at radius 2 is 2.18 bits per heavy atom. The largest absolute Gasteiger partial charge is 0.314 e. The molecule has 0 bridgehead atoms. The Labute approximate surface area is 115 Å². The van der Waals surface area contributed by atoms with Crippen LogP contribution in [0.5, 0.6) is 0 Å². The minimum atomic E-state index is -0.295. The lowest BCUT2D eigenvalue weighted by molar-refractivity contribution is -0.385. The summed E-state index contributed by atoms with van der Waals surface area (Å²) in [6, 6.07) is 5.72. The van der Waals surface area contributed by atoms with Gasteiger partial charge in [0, 0.05) is 21.2 Å². The van der Waals surface area contributed by atoms with Crippen LogP contribution in [0.25, 0.3) is 0 Å². The molecular formula is C12H17IN2O2. The molecule has 1 atom stereocenters. The average Bonchev–Trinajstić information content (AvgIpc) is 2.30. The Balaban J connectivity index is 2.92. The first-order valence-electron chi connectivity index (χ1n) is 5.74. The number of nitrogens with one attached hydrogen (secondary N) is 1. The fraction of sp³-hybridized carbons (Fsp3) is 0.500. The molecule has 0 aromatic heterocycles. The quantitative estimate of drug-likeness (QED) is 0.488. The maximum absolute atomic E-state index is 11.0. The number of nitrogens with zero attached hydrogens (tertiary/aromatic N) is 1. The second-order valence-corrected chi connectivity index (χ2v) is 5.14. The van der Waals surface area contributed by atoms with Crippen molar-refractivity contribution >= 4 is 28.3 Å². The van der Waals surface area contributed by atoms with Gasteiger partial charge in [-0.05, 0) is 48.0 Å². The van der Waals surface area contributed by atoms with Gasteiger partial charge < -0.3 is 5.32 Å². The molecule has 0 radical (unpaired) electrons. The monoisotopic (exact) mass is 348 g/mol. The van der Waals surface area contributed by atoms with Crippen LogP contribution >= 0.6 is 22.6 Å². The van der Waals surface area contributed by atoms with Gasteiger partial charge in [-0.1, -0.05) is 19.9 Å². The van der Waals surface area contributed by atoms with Crippen molar-refractivity contribution in [1.82, 2.24) is 5.32 Å². The van der Waals surface area contributed by atoms with E-state index >= 15 is 0 Å². The highest BCUT2D eigenvalue weighted by atomic mass is 127. The highest BCUT2D eigenvalue weighted by Gasteiger charge is 2.17. The van der Waals surface area contributed by atoms with Crippen LogP contribution in [0.4, 0.5) is 5.69 Å². The number of hydrogen-bond donors (Lipinski definition) is 1. The summed E-state index contributed by atoms with van der Waals surface area (Å²) >= 11 is 2.10. The van der Waals surface area contributed by atoms with Gasteiger partial charge in [0.2, 0.25) is 0 Å². The van der Waals surface area contributed by atoms with Crippen molar-refractivity contribution in [3.8, 4) is 0 Å². The predicted octanol–water partition coefficient (Wildman–Crippen LogP) is 3.13. The van der Waals surface area contributed by atoms with Crippen LogP contribution in [0.2, 0.25) is 0 Å². The molecule has 0 heterocycles. The minimum Gasteiger partial charge on any atom is -0.314 e. The smallest absolute Gasteiger partial charge is 0.273 e. The molecule has 1 aromatic carbocycles. The molecular weight excluding hydrogens is 331 g/mol. The molecule has 1 rings (SSSR count). The zero-order chi connectivity index (χ0) is 12.8. The first-order valence-corrected chi connectivity index (χ1v) is 6.82. The molecule has 0 aliphatic rings. The third kappa shape index (κ3) is 4.23. The number of likely N-dealkylation sites (N-methyl/N-ethyl adjacent to an activating group) is 1. The Bertz CT molecular complexity index is 396. The topological polar surface area (TPSA) is 55.2 Å². The summed E-state index contributed by atoms with van der Waals surface area (Å²) in [4.78, 5) is 10.7. The highest BCUT2D eigenvalue weighted by Crippen LogP contribution is 2.23. The second-order valence-electron chi connectivity index (χ2n) is 3.90. The first-order chi connectivity index (χ1) is 8.08. The lowest BCUT2D eigenvalue weighted by Gasteiger charge is -2.15. The summed E-state index contributed by atoms with van der Waals surface area (Å²) in [5.41, 5.74) is 1.04. The van der Waals surface area contributed by atoms with Crippen molar-refractivity contribution in [2.45, 2.75) is 32.7 Å².